The number of methoxy groups -OCH3 is 1. The van der Waals surface area contributed by atoms with Crippen LogP contribution in [0.4, 0.5) is 0 Å². The maximum absolute atomic E-state index is 12.7. The molecule has 2 N–H and O–H groups in total. The number of hydrogen-bond acceptors (Lipinski definition) is 4. The normalized spacial score (nSPS) is 15.1. The first kappa shape index (κ1) is 26.3. The van der Waals surface area contributed by atoms with Crippen LogP contribution in [0.1, 0.15) is 39.0 Å². The third-order valence-corrected chi connectivity index (χ3v) is 5.23. The molecule has 0 radical (unpaired) electrons. The van der Waals surface area contributed by atoms with E-state index in [2.05, 4.69) is 10.6 Å². The number of nitrogens with zero attached hydrogens (tertiary/aromatic N) is 2. The van der Waals surface area contributed by atoms with Gasteiger partial charge in [-0.3, -0.25) is 9.79 Å². The zero-order valence-electron chi connectivity index (χ0n) is 18.7. The van der Waals surface area contributed by atoms with Gasteiger partial charge in [-0.15, -0.1) is 24.0 Å². The Bertz CT molecular complexity index is 676. The van der Waals surface area contributed by atoms with Gasteiger partial charge in [-0.1, -0.05) is 18.9 Å². The largest absolute Gasteiger partial charge is 0.497 e. The maximum Gasteiger partial charge on any atom is 0.230 e. The summed E-state index contributed by atoms with van der Waals surface area (Å²) >= 11 is 0. The molecule has 1 fully saturated rings. The van der Waals surface area contributed by atoms with E-state index in [1.807, 2.05) is 45.3 Å². The van der Waals surface area contributed by atoms with Crippen LogP contribution in [0.2, 0.25) is 0 Å². The quantitative estimate of drug-likeness (QED) is 0.210. The fraction of sp³-hybridized carbons (Fsp3) is 0.636. The molecule has 0 saturated heterocycles. The number of carbonyl (C=O) groups excluding carboxylic acids is 1. The Morgan fingerprint density at radius 1 is 1.20 bits per heavy atom. The molecule has 2 rings (SSSR count). The second-order valence-electron chi connectivity index (χ2n) is 7.69. The summed E-state index contributed by atoms with van der Waals surface area (Å²) in [5, 5.41) is 6.62. The van der Waals surface area contributed by atoms with Gasteiger partial charge in [0.15, 0.2) is 5.96 Å². The lowest BCUT2D eigenvalue weighted by Crippen LogP contribution is -2.43. The van der Waals surface area contributed by atoms with Crippen LogP contribution < -0.4 is 20.1 Å². The van der Waals surface area contributed by atoms with Gasteiger partial charge in [0, 0.05) is 33.3 Å². The minimum absolute atomic E-state index is 0. The number of hydrogen-bond donors (Lipinski definition) is 2. The molecule has 170 valence electrons. The minimum Gasteiger partial charge on any atom is -0.497 e. The minimum atomic E-state index is -0.346. The zero-order valence-corrected chi connectivity index (χ0v) is 21.0. The Morgan fingerprint density at radius 2 is 1.90 bits per heavy atom. The third kappa shape index (κ3) is 7.85. The first-order valence-corrected chi connectivity index (χ1v) is 10.5. The molecule has 0 unspecified atom stereocenters. The number of nitrogens with one attached hydrogen (secondary N) is 2. The summed E-state index contributed by atoms with van der Waals surface area (Å²) in [7, 11) is 5.31. The predicted molar refractivity (Wildman–Crippen MR) is 132 cm³/mol. The van der Waals surface area contributed by atoms with Crippen molar-refractivity contribution >= 4 is 35.8 Å². The molecule has 1 aliphatic rings. The lowest BCUT2D eigenvalue weighted by molar-refractivity contribution is -0.138. The molecule has 0 aliphatic heterocycles. The summed E-state index contributed by atoms with van der Waals surface area (Å²) in [6.07, 6.45) is 4.87. The molecule has 7 nitrogen and oxygen atoms in total. The summed E-state index contributed by atoms with van der Waals surface area (Å²) in [5.41, 5.74) is -0.346. The van der Waals surface area contributed by atoms with Crippen molar-refractivity contribution in [2.45, 2.75) is 39.0 Å². The topological polar surface area (TPSA) is 75.2 Å². The van der Waals surface area contributed by atoms with Crippen molar-refractivity contribution < 1.29 is 14.3 Å². The second kappa shape index (κ2) is 13.6. The van der Waals surface area contributed by atoms with Crippen molar-refractivity contribution in [2.75, 3.05) is 47.4 Å². The van der Waals surface area contributed by atoms with Gasteiger partial charge in [0.2, 0.25) is 5.91 Å². The molecule has 1 aromatic rings. The number of guanidine groups is 1. The van der Waals surface area contributed by atoms with E-state index in [9.17, 15) is 4.79 Å². The Morgan fingerprint density at radius 3 is 2.53 bits per heavy atom. The molecule has 8 heteroatoms. The first-order valence-electron chi connectivity index (χ1n) is 10.5. The molecule has 1 aromatic carbocycles. The lowest BCUT2D eigenvalue weighted by atomic mass is 9.85. The molecule has 0 spiro atoms. The first-order chi connectivity index (χ1) is 14.0. The van der Waals surface area contributed by atoms with Crippen LogP contribution in [-0.2, 0) is 4.79 Å². The molecule has 0 heterocycles. The molecule has 1 amide bonds. The molecule has 1 saturated carbocycles. The smallest absolute Gasteiger partial charge is 0.230 e. The molecule has 0 bridgehead atoms. The fourth-order valence-corrected chi connectivity index (χ4v) is 3.70. The van der Waals surface area contributed by atoms with Gasteiger partial charge in [-0.25, -0.2) is 0 Å². The van der Waals surface area contributed by atoms with E-state index in [0.29, 0.717) is 13.2 Å². The van der Waals surface area contributed by atoms with Crippen molar-refractivity contribution in [3.63, 3.8) is 0 Å². The van der Waals surface area contributed by atoms with E-state index >= 15 is 0 Å². The van der Waals surface area contributed by atoms with Crippen LogP contribution in [0.5, 0.6) is 11.5 Å². The van der Waals surface area contributed by atoms with Crippen molar-refractivity contribution in [1.82, 2.24) is 15.5 Å². The van der Waals surface area contributed by atoms with E-state index < -0.39 is 0 Å². The number of rotatable bonds is 10. The summed E-state index contributed by atoms with van der Waals surface area (Å²) in [6.45, 7) is 4.69. The van der Waals surface area contributed by atoms with Crippen LogP contribution in [0.15, 0.2) is 29.3 Å². The lowest BCUT2D eigenvalue weighted by Gasteiger charge is -2.29. The van der Waals surface area contributed by atoms with Gasteiger partial charge in [0.25, 0.3) is 0 Å². The van der Waals surface area contributed by atoms with Crippen molar-refractivity contribution in [2.24, 2.45) is 10.4 Å². The average Bonchev–Trinajstić information content (AvgIpc) is 3.21. The van der Waals surface area contributed by atoms with E-state index in [1.165, 1.54) is 0 Å². The number of amides is 1. The monoisotopic (exact) mass is 532 g/mol. The van der Waals surface area contributed by atoms with Crippen LogP contribution in [0.3, 0.4) is 0 Å². The van der Waals surface area contributed by atoms with E-state index in [4.69, 9.17) is 14.5 Å². The highest BCUT2D eigenvalue weighted by Gasteiger charge is 2.42. The number of benzene rings is 1. The highest BCUT2D eigenvalue weighted by molar-refractivity contribution is 14.0. The fourth-order valence-electron chi connectivity index (χ4n) is 3.70. The molecule has 1 aliphatic carbocycles. The summed E-state index contributed by atoms with van der Waals surface area (Å²) < 4.78 is 11.0. The van der Waals surface area contributed by atoms with Crippen LogP contribution in [0.25, 0.3) is 0 Å². The Balaban J connectivity index is 0.00000450. The standard InChI is InChI=1S/C22H36N4O3.HI/c1-5-23-21(25-17-22(12-6-7-13-22)20(27)26(2)3)24-14-9-15-29-19-11-8-10-18(16-19)28-4;/h8,10-11,16H,5-7,9,12-15,17H2,1-4H3,(H2,23,24,25);1H. The molecule has 0 aromatic heterocycles. The molecule has 0 atom stereocenters. The number of aliphatic imine (C=N–C) groups is 1. The van der Waals surface area contributed by atoms with Gasteiger partial charge >= 0.3 is 0 Å². The zero-order chi connectivity index (χ0) is 21.1. The summed E-state index contributed by atoms with van der Waals surface area (Å²) in [4.78, 5) is 19.2. The Kier molecular flexibility index (Phi) is 11.9. The van der Waals surface area contributed by atoms with Crippen LogP contribution in [0, 0.1) is 5.41 Å². The third-order valence-electron chi connectivity index (χ3n) is 5.23. The maximum atomic E-state index is 12.7. The highest BCUT2D eigenvalue weighted by atomic mass is 127. The van der Waals surface area contributed by atoms with Crippen molar-refractivity contribution in [1.29, 1.82) is 0 Å². The summed E-state index contributed by atoms with van der Waals surface area (Å²) in [6, 6.07) is 7.61. The van der Waals surface area contributed by atoms with Crippen LogP contribution in [-0.4, -0.2) is 64.2 Å². The highest BCUT2D eigenvalue weighted by Crippen LogP contribution is 2.39. The Labute approximate surface area is 198 Å². The predicted octanol–water partition coefficient (Wildman–Crippen LogP) is 3.29. The number of ether oxygens (including phenoxy) is 2. The number of halogens is 1. The van der Waals surface area contributed by atoms with Gasteiger partial charge in [0.1, 0.15) is 11.5 Å². The van der Waals surface area contributed by atoms with Gasteiger partial charge in [-0.05, 0) is 38.3 Å². The van der Waals surface area contributed by atoms with Crippen LogP contribution >= 0.6 is 24.0 Å². The van der Waals surface area contributed by atoms with E-state index in [-0.39, 0.29) is 35.3 Å². The second-order valence-corrected chi connectivity index (χ2v) is 7.69. The molecular formula is C22H37IN4O3. The molecule has 30 heavy (non-hydrogen) atoms. The number of carbonyl (C=O) groups is 1. The Hall–Kier alpha value is -1.71. The van der Waals surface area contributed by atoms with Gasteiger partial charge < -0.3 is 25.0 Å². The van der Waals surface area contributed by atoms with E-state index in [0.717, 1.165) is 62.7 Å². The van der Waals surface area contributed by atoms with Crippen molar-refractivity contribution in [3.8, 4) is 11.5 Å². The van der Waals surface area contributed by atoms with Gasteiger partial charge in [-0.2, -0.15) is 0 Å². The van der Waals surface area contributed by atoms with E-state index in [1.54, 1.807) is 12.0 Å². The molecular weight excluding hydrogens is 495 g/mol. The summed E-state index contributed by atoms with van der Waals surface area (Å²) in [5.74, 6) is 2.54. The van der Waals surface area contributed by atoms with Crippen molar-refractivity contribution in [3.05, 3.63) is 24.3 Å². The van der Waals surface area contributed by atoms with Gasteiger partial charge in [0.05, 0.1) is 25.7 Å². The SMILES string of the molecule is CCNC(=NCC1(C(=O)N(C)C)CCCC1)NCCCOc1cccc(OC)c1.I. The average molecular weight is 532 g/mol.